The highest BCUT2D eigenvalue weighted by Gasteiger charge is 2.41. The Labute approximate surface area is 553 Å². The Bertz CT molecular complexity index is 4870. The van der Waals surface area contributed by atoms with E-state index in [9.17, 15) is 0 Å². The smallest absolute Gasteiger partial charge is 0.0632 e. The summed E-state index contributed by atoms with van der Waals surface area (Å²) in [6, 6.07) is 51.0. The third-order valence-corrected chi connectivity index (χ3v) is 14.7. The topological polar surface area (TPSA) is 25.8 Å². The van der Waals surface area contributed by atoms with E-state index in [1.165, 1.54) is 46.7 Å². The van der Waals surface area contributed by atoms with Gasteiger partial charge in [-0.3, -0.25) is 9.97 Å². The molecule has 0 saturated carbocycles. The summed E-state index contributed by atoms with van der Waals surface area (Å²) >= 11 is 0. The van der Waals surface area contributed by atoms with Crippen LogP contribution in [0.3, 0.4) is 0 Å². The minimum Gasteiger partial charge on any atom is -0.262 e. The molecule has 0 spiro atoms. The van der Waals surface area contributed by atoms with Gasteiger partial charge in [0, 0.05) is 23.3 Å². The van der Waals surface area contributed by atoms with Crippen molar-refractivity contribution >= 4 is 0 Å². The Balaban J connectivity index is 0.000000171. The number of aromatic nitrogens is 2. The van der Waals surface area contributed by atoms with Gasteiger partial charge < -0.3 is 0 Å². The lowest BCUT2D eigenvalue weighted by Gasteiger charge is -2.22. The van der Waals surface area contributed by atoms with Crippen molar-refractivity contribution in [2.24, 2.45) is 0 Å². The van der Waals surface area contributed by atoms with Crippen molar-refractivity contribution in [3.8, 4) is 66.8 Å². The molecule has 2 aromatic heterocycles. The number of benzene rings is 10. The molecular formula is C86H88N2. The Morgan fingerprint density at radius 3 is 1.25 bits per heavy atom. The molecule has 0 unspecified atom stereocenters. The minimum atomic E-state index is -0.477. The highest BCUT2D eigenvalue weighted by atomic mass is 14.7. The summed E-state index contributed by atoms with van der Waals surface area (Å²) in [7, 11) is 0. The predicted molar refractivity (Wildman–Crippen MR) is 380 cm³/mol. The Kier molecular flexibility index (Phi) is 15.4. The van der Waals surface area contributed by atoms with E-state index in [1.54, 1.807) is 74.5 Å². The van der Waals surface area contributed by atoms with Crippen LogP contribution in [0.2, 0.25) is 0 Å². The van der Waals surface area contributed by atoms with Gasteiger partial charge in [0.2, 0.25) is 0 Å². The van der Waals surface area contributed by atoms with Crippen LogP contribution in [0.1, 0.15) is 120 Å². The van der Waals surface area contributed by atoms with Gasteiger partial charge in [0.05, 0.1) is 24.7 Å². The fourth-order valence-corrected chi connectivity index (χ4v) is 10.7. The van der Waals surface area contributed by atoms with Crippen LogP contribution in [0.5, 0.6) is 0 Å². The zero-order valence-electron chi connectivity index (χ0n) is 70.8. The van der Waals surface area contributed by atoms with E-state index in [4.69, 9.17) is 24.7 Å². The molecule has 0 bridgehead atoms. The van der Waals surface area contributed by atoms with E-state index in [-0.39, 0.29) is 106 Å². The third-order valence-electron chi connectivity index (χ3n) is 14.7. The molecule has 0 amide bonds. The number of hydrogen-bond acceptors (Lipinski definition) is 2. The van der Waals surface area contributed by atoms with E-state index < -0.39 is 36.3 Å². The number of rotatable bonds is 6. The number of hydrogen-bond donors (Lipinski definition) is 0. The molecule has 2 heterocycles. The lowest BCUT2D eigenvalue weighted by molar-refractivity contribution is 0.403. The van der Waals surface area contributed by atoms with Crippen LogP contribution >= 0.6 is 0 Å². The summed E-state index contributed by atoms with van der Waals surface area (Å²) in [5.41, 5.74) is 18.6. The van der Waals surface area contributed by atoms with Crippen LogP contribution < -0.4 is 0 Å². The Morgan fingerprint density at radius 2 is 0.761 bits per heavy atom. The fraction of sp³-hybridized carbons (Fsp3) is 0.186. The van der Waals surface area contributed by atoms with Gasteiger partial charge in [0.25, 0.3) is 0 Å². The summed E-state index contributed by atoms with van der Waals surface area (Å²) < 4.78 is 145. The van der Waals surface area contributed by atoms with E-state index in [0.29, 0.717) is 44.2 Å². The fourth-order valence-electron chi connectivity index (χ4n) is 10.7. The maximum atomic E-state index is 8.38. The molecule has 0 atom stereocenters. The van der Waals surface area contributed by atoms with Crippen molar-refractivity contribution in [1.82, 2.24) is 9.97 Å². The lowest BCUT2D eigenvalue weighted by atomic mass is 9.82. The van der Waals surface area contributed by atoms with Crippen LogP contribution in [0.25, 0.3) is 66.8 Å². The van der Waals surface area contributed by atoms with Gasteiger partial charge in [-0.15, -0.1) is 0 Å². The van der Waals surface area contributed by atoms with E-state index in [0.717, 1.165) is 17.1 Å². The van der Waals surface area contributed by atoms with Gasteiger partial charge >= 0.3 is 0 Å². The summed E-state index contributed by atoms with van der Waals surface area (Å²) in [5.74, 6) is 0. The Hall–Kier alpha value is -9.50. The molecule has 2 nitrogen and oxygen atoms in total. The van der Waals surface area contributed by atoms with Gasteiger partial charge in [-0.2, -0.15) is 0 Å². The quantitative estimate of drug-likeness (QED) is 0.166. The zero-order chi connectivity index (χ0) is 78.3. The second-order valence-corrected chi connectivity index (χ2v) is 23.3. The van der Waals surface area contributed by atoms with Crippen molar-refractivity contribution in [2.45, 2.75) is 107 Å². The van der Waals surface area contributed by atoms with Crippen LogP contribution in [0.4, 0.5) is 0 Å². The SMILES string of the molecule is Cc1cc(-c2ccccc2)cc(-c2ccccc2)c1.Cc1ccc2c(c1)C(C)(C)CC2(C)C.Cc1cccc(C)n1.Cc1ccccn1.[2H]c1c([2H])c([2H])c(-c2cc(C)cc(-c3c([2H])c([2H])c(C)c([2H])c3[2H])c2)c([2H])c1[2H].[2H]c1c([2H])c([2H])c(-c2cccc(-c3c([2H])c([2H])c([2H])c(C)c3[2H])c2C)c([2H])c1[2H]. The molecule has 0 radical (unpaired) electrons. The molecular weight excluding hydrogens is 1060 g/mol. The lowest BCUT2D eigenvalue weighted by Crippen LogP contribution is -2.17. The van der Waals surface area contributed by atoms with Gasteiger partial charge in [-0.05, 0) is 211 Å². The standard InChI is InChI=1S/2C20H18.C19H16.C14H20.C7H9N.C6H7N/c1-15-8-6-11-18(14-15)20-13-7-12-19(16(20)2)17-9-4-3-5-10-17;1-15-8-10-18(11-9-15)20-13-16(2)12-19(14-20)17-6-4-3-5-7-17;1-15-12-18(16-8-4-2-5-9-16)14-19(13-15)17-10-6-3-7-11-17;1-10-6-7-11-12(8-10)14(4,5)9-13(11,2)3;1-6-4-3-5-7(2)8-6;1-6-4-2-3-5-7-6/h2*3-14H,1-2H3;2-14H,1H3;6-8H,9H2,1-5H3;3-5H,1-2H3;2-5H,1H3/i3D,4D,5D,6D,8D,9D,10D,11D,14D;3D,4D,5D,6D,7D,8D,9D,10D,11D;;;;. The normalized spacial score (nSPS) is 14.9. The van der Waals surface area contributed by atoms with Gasteiger partial charge in [0.1, 0.15) is 0 Å². The maximum absolute atomic E-state index is 8.38. The number of fused-ring (bicyclic) bond motifs is 1. The number of pyridine rings is 2. The first-order valence-electron chi connectivity index (χ1n) is 38.4. The highest BCUT2D eigenvalue weighted by molar-refractivity contribution is 5.79. The largest absolute Gasteiger partial charge is 0.262 e. The molecule has 1 aliphatic rings. The van der Waals surface area contributed by atoms with E-state index in [2.05, 4.69) is 149 Å². The van der Waals surface area contributed by atoms with Gasteiger partial charge in [0.15, 0.2) is 0 Å². The average Bonchev–Trinajstić information content (AvgIpc) is 1.56. The van der Waals surface area contributed by atoms with Crippen LogP contribution in [0, 0.1) is 62.3 Å². The maximum Gasteiger partial charge on any atom is 0.0632 e. The second-order valence-electron chi connectivity index (χ2n) is 23.3. The summed E-state index contributed by atoms with van der Waals surface area (Å²) in [4.78, 5) is 8.15. The minimum absolute atomic E-state index is 0.0303. The van der Waals surface area contributed by atoms with Crippen LogP contribution in [-0.4, -0.2) is 9.97 Å². The second kappa shape index (κ2) is 30.7. The molecule has 0 fully saturated rings. The molecule has 0 saturated heterocycles. The highest BCUT2D eigenvalue weighted by Crippen LogP contribution is 2.49. The third kappa shape index (κ3) is 18.5. The monoisotopic (exact) mass is 1170 g/mol. The van der Waals surface area contributed by atoms with Crippen molar-refractivity contribution < 1.29 is 24.7 Å². The summed E-state index contributed by atoms with van der Waals surface area (Å²) in [6.07, 6.45) is 3.05. The first-order chi connectivity index (χ1) is 49.8. The predicted octanol–water partition coefficient (Wildman–Crippen LogP) is 23.6. The molecule has 442 valence electrons. The molecule has 10 aromatic carbocycles. The van der Waals surface area contributed by atoms with Crippen LogP contribution in [-0.2, 0) is 10.8 Å². The van der Waals surface area contributed by atoms with Crippen LogP contribution in [0.15, 0.2) is 285 Å². The average molecular weight is 1170 g/mol. The van der Waals surface area contributed by atoms with E-state index in [1.807, 2.05) is 57.2 Å². The van der Waals surface area contributed by atoms with Crippen molar-refractivity contribution in [3.05, 3.63) is 346 Å². The Morgan fingerprint density at radius 1 is 0.307 bits per heavy atom. The van der Waals surface area contributed by atoms with Gasteiger partial charge in [-0.25, -0.2) is 0 Å². The van der Waals surface area contributed by atoms with Gasteiger partial charge in [-0.1, -0.05) is 287 Å². The molecule has 0 aliphatic heterocycles. The summed E-state index contributed by atoms with van der Waals surface area (Å²) in [6.45, 7) is 26.3. The van der Waals surface area contributed by atoms with E-state index >= 15 is 0 Å². The molecule has 0 N–H and O–H groups in total. The number of aryl methyl sites for hydroxylation is 6. The first-order valence-corrected chi connectivity index (χ1v) is 29.4. The van der Waals surface area contributed by atoms with Crippen molar-refractivity contribution in [3.63, 3.8) is 0 Å². The van der Waals surface area contributed by atoms with Crippen molar-refractivity contribution in [2.75, 3.05) is 0 Å². The molecule has 12 aromatic rings. The molecule has 1 aliphatic carbocycles. The zero-order valence-corrected chi connectivity index (χ0v) is 52.8. The van der Waals surface area contributed by atoms with Crippen molar-refractivity contribution in [1.29, 1.82) is 0 Å². The molecule has 2 heteroatoms. The molecule has 88 heavy (non-hydrogen) atoms. The summed E-state index contributed by atoms with van der Waals surface area (Å²) in [5, 5.41) is 0. The molecule has 13 rings (SSSR count). The first kappa shape index (κ1) is 44.0. The number of nitrogens with zero attached hydrogens (tertiary/aromatic N) is 2.